The first-order valence-corrected chi connectivity index (χ1v) is 6.28. The van der Waals surface area contributed by atoms with Gasteiger partial charge >= 0.3 is 6.03 Å². The summed E-state index contributed by atoms with van der Waals surface area (Å²) in [6.07, 6.45) is 0. The smallest absolute Gasteiger partial charge is 0.308 e. The summed E-state index contributed by atoms with van der Waals surface area (Å²) in [7, 11) is 0. The Morgan fingerprint density at radius 3 is 2.19 bits per heavy atom. The van der Waals surface area contributed by atoms with E-state index in [-0.39, 0.29) is 0 Å². The lowest BCUT2D eigenvalue weighted by atomic mass is 10.2. The van der Waals surface area contributed by atoms with E-state index in [0.717, 1.165) is 0 Å². The Balaban J connectivity index is 2.08. The van der Waals surface area contributed by atoms with Gasteiger partial charge in [0.25, 0.3) is 0 Å². The van der Waals surface area contributed by atoms with Gasteiger partial charge in [0.2, 0.25) is 0 Å². The maximum Gasteiger partial charge on any atom is 0.323 e. The minimum atomic E-state index is -0.489. The van der Waals surface area contributed by atoms with Crippen molar-refractivity contribution in [1.82, 2.24) is 0 Å². The molecule has 0 atom stereocenters. The Morgan fingerprint density at radius 1 is 0.952 bits per heavy atom. The summed E-state index contributed by atoms with van der Waals surface area (Å²) in [6.45, 7) is 0. The zero-order valence-corrected chi connectivity index (χ0v) is 11.5. The molecule has 2 aromatic rings. The molecule has 0 fully saturated rings. The maximum absolute atomic E-state index is 11.9. The number of halogens is 1. The second-order valence-electron chi connectivity index (χ2n) is 4.07. The SMILES string of the molecule is N#Cc1ccc(NC(=O)Nc2cc(C#N)ccc2Cl)cc1. The number of carbonyl (C=O) groups excluding carboxylic acids is 1. The van der Waals surface area contributed by atoms with Crippen LogP contribution in [0.2, 0.25) is 5.02 Å². The molecule has 0 aliphatic rings. The van der Waals surface area contributed by atoms with E-state index in [1.807, 2.05) is 12.1 Å². The van der Waals surface area contributed by atoms with Crippen molar-refractivity contribution in [3.05, 3.63) is 58.6 Å². The third kappa shape index (κ3) is 3.73. The van der Waals surface area contributed by atoms with Gasteiger partial charge in [0.05, 0.1) is 34.0 Å². The lowest BCUT2D eigenvalue weighted by molar-refractivity contribution is 0.262. The fourth-order valence-electron chi connectivity index (χ4n) is 1.60. The molecule has 0 aliphatic carbocycles. The zero-order chi connectivity index (χ0) is 15.2. The summed E-state index contributed by atoms with van der Waals surface area (Å²) < 4.78 is 0. The molecule has 0 spiro atoms. The third-order valence-electron chi connectivity index (χ3n) is 2.62. The Hall–Kier alpha value is -3.02. The number of hydrogen-bond acceptors (Lipinski definition) is 3. The largest absolute Gasteiger partial charge is 0.323 e. The number of nitriles is 2. The van der Waals surface area contributed by atoms with Gasteiger partial charge in [-0.1, -0.05) is 11.6 Å². The minimum absolute atomic E-state index is 0.337. The van der Waals surface area contributed by atoms with Gasteiger partial charge in [0, 0.05) is 5.69 Å². The number of carbonyl (C=O) groups is 1. The highest BCUT2D eigenvalue weighted by Gasteiger charge is 2.07. The molecule has 2 N–H and O–H groups in total. The van der Waals surface area contributed by atoms with Gasteiger partial charge < -0.3 is 10.6 Å². The highest BCUT2D eigenvalue weighted by atomic mass is 35.5. The highest BCUT2D eigenvalue weighted by molar-refractivity contribution is 6.33. The number of nitrogens with one attached hydrogen (secondary N) is 2. The van der Waals surface area contributed by atoms with Crippen LogP contribution in [-0.4, -0.2) is 6.03 Å². The molecule has 0 radical (unpaired) electrons. The van der Waals surface area contributed by atoms with Crippen molar-refractivity contribution in [3.63, 3.8) is 0 Å². The molecule has 102 valence electrons. The maximum atomic E-state index is 11.9. The molecule has 0 saturated heterocycles. The lowest BCUT2D eigenvalue weighted by Crippen LogP contribution is -2.19. The van der Waals surface area contributed by atoms with Crippen molar-refractivity contribution in [2.24, 2.45) is 0 Å². The van der Waals surface area contributed by atoms with Crippen LogP contribution in [0.15, 0.2) is 42.5 Å². The third-order valence-corrected chi connectivity index (χ3v) is 2.95. The second kappa shape index (κ2) is 6.42. The van der Waals surface area contributed by atoms with E-state index in [0.29, 0.717) is 27.5 Å². The van der Waals surface area contributed by atoms with E-state index < -0.39 is 6.03 Å². The van der Waals surface area contributed by atoms with Crippen LogP contribution in [0.25, 0.3) is 0 Å². The van der Waals surface area contributed by atoms with E-state index in [2.05, 4.69) is 10.6 Å². The summed E-state index contributed by atoms with van der Waals surface area (Å²) in [5.74, 6) is 0. The van der Waals surface area contributed by atoms with Gasteiger partial charge in [0.15, 0.2) is 0 Å². The molecule has 0 unspecified atom stereocenters. The molecule has 0 aromatic heterocycles. The number of amides is 2. The highest BCUT2D eigenvalue weighted by Crippen LogP contribution is 2.23. The van der Waals surface area contributed by atoms with Crippen LogP contribution in [0.4, 0.5) is 16.2 Å². The van der Waals surface area contributed by atoms with Crippen LogP contribution in [0.3, 0.4) is 0 Å². The van der Waals surface area contributed by atoms with Gasteiger partial charge in [-0.2, -0.15) is 10.5 Å². The molecule has 2 amide bonds. The fraction of sp³-hybridized carbons (Fsp3) is 0. The van der Waals surface area contributed by atoms with Gasteiger partial charge in [0.1, 0.15) is 0 Å². The predicted octanol–water partition coefficient (Wildman–Crippen LogP) is 3.73. The first-order valence-electron chi connectivity index (χ1n) is 5.90. The lowest BCUT2D eigenvalue weighted by Gasteiger charge is -2.09. The average Bonchev–Trinajstić information content (AvgIpc) is 2.50. The Morgan fingerprint density at radius 2 is 1.57 bits per heavy atom. The number of nitrogens with zero attached hydrogens (tertiary/aromatic N) is 2. The molecular weight excluding hydrogens is 288 g/mol. The van der Waals surface area contributed by atoms with E-state index in [4.69, 9.17) is 22.1 Å². The summed E-state index contributed by atoms with van der Waals surface area (Å²) in [5, 5.41) is 23.0. The Bertz CT molecular complexity index is 757. The Kier molecular flexibility index (Phi) is 4.40. The van der Waals surface area contributed by atoms with Crippen molar-refractivity contribution in [3.8, 4) is 12.1 Å². The predicted molar refractivity (Wildman–Crippen MR) is 80.0 cm³/mol. The standard InChI is InChI=1S/C15H9ClN4O/c16-13-6-3-11(9-18)7-14(13)20-15(21)19-12-4-1-10(8-17)2-5-12/h1-7H,(H2,19,20,21). The topological polar surface area (TPSA) is 88.7 Å². The Labute approximate surface area is 126 Å². The fourth-order valence-corrected chi connectivity index (χ4v) is 1.77. The summed E-state index contributed by atoms with van der Waals surface area (Å²) in [5.41, 5.74) is 1.79. The van der Waals surface area contributed by atoms with Crippen molar-refractivity contribution in [1.29, 1.82) is 10.5 Å². The van der Waals surface area contributed by atoms with Crippen LogP contribution in [-0.2, 0) is 0 Å². The van der Waals surface area contributed by atoms with Crippen molar-refractivity contribution in [2.45, 2.75) is 0 Å². The first-order chi connectivity index (χ1) is 10.1. The van der Waals surface area contributed by atoms with Crippen molar-refractivity contribution >= 4 is 29.0 Å². The summed E-state index contributed by atoms with van der Waals surface area (Å²) >= 11 is 5.95. The second-order valence-corrected chi connectivity index (χ2v) is 4.48. The number of anilines is 2. The minimum Gasteiger partial charge on any atom is -0.308 e. The number of benzene rings is 2. The molecule has 6 heteroatoms. The quantitative estimate of drug-likeness (QED) is 0.885. The van der Waals surface area contributed by atoms with Crippen molar-refractivity contribution in [2.75, 3.05) is 10.6 Å². The molecule has 2 aromatic carbocycles. The van der Waals surface area contributed by atoms with Gasteiger partial charge in [-0.15, -0.1) is 0 Å². The monoisotopic (exact) mass is 296 g/mol. The summed E-state index contributed by atoms with van der Waals surface area (Å²) in [4.78, 5) is 11.9. The van der Waals surface area contributed by atoms with E-state index in [1.54, 1.807) is 30.3 Å². The molecule has 0 aliphatic heterocycles. The van der Waals surface area contributed by atoms with Crippen molar-refractivity contribution < 1.29 is 4.79 Å². The van der Waals surface area contributed by atoms with Crippen LogP contribution in [0.1, 0.15) is 11.1 Å². The molecule has 2 rings (SSSR count). The van der Waals surface area contributed by atoms with Crippen LogP contribution < -0.4 is 10.6 Å². The number of rotatable bonds is 2. The normalized spacial score (nSPS) is 9.29. The molecule has 21 heavy (non-hydrogen) atoms. The molecular formula is C15H9ClN4O. The molecule has 0 bridgehead atoms. The first kappa shape index (κ1) is 14.4. The molecule has 0 heterocycles. The van der Waals surface area contributed by atoms with Gasteiger partial charge in [-0.05, 0) is 42.5 Å². The van der Waals surface area contributed by atoms with Crippen LogP contribution in [0, 0.1) is 22.7 Å². The van der Waals surface area contributed by atoms with E-state index in [9.17, 15) is 4.79 Å². The zero-order valence-electron chi connectivity index (χ0n) is 10.7. The van der Waals surface area contributed by atoms with Gasteiger partial charge in [-0.3, -0.25) is 0 Å². The average molecular weight is 297 g/mol. The van der Waals surface area contributed by atoms with E-state index in [1.165, 1.54) is 12.1 Å². The molecule has 0 saturated carbocycles. The van der Waals surface area contributed by atoms with Gasteiger partial charge in [-0.25, -0.2) is 4.79 Å². The van der Waals surface area contributed by atoms with Crippen LogP contribution in [0.5, 0.6) is 0 Å². The molecule has 5 nitrogen and oxygen atoms in total. The van der Waals surface area contributed by atoms with E-state index >= 15 is 0 Å². The summed E-state index contributed by atoms with van der Waals surface area (Å²) in [6, 6.07) is 14.5. The number of hydrogen-bond donors (Lipinski definition) is 2. The number of urea groups is 1. The van der Waals surface area contributed by atoms with Crippen LogP contribution >= 0.6 is 11.6 Å².